The minimum absolute atomic E-state index is 0. The van der Waals surface area contributed by atoms with Gasteiger partial charge in [0.05, 0.1) is 0 Å². The maximum absolute atomic E-state index is 12.5. The zero-order valence-electron chi connectivity index (χ0n) is 14.1. The van der Waals surface area contributed by atoms with Gasteiger partial charge in [-0.3, -0.25) is 10.1 Å². The van der Waals surface area contributed by atoms with Gasteiger partial charge in [-0.2, -0.15) is 10.1 Å². The van der Waals surface area contributed by atoms with E-state index in [0.717, 1.165) is 43.1 Å². The van der Waals surface area contributed by atoms with Gasteiger partial charge in [-0.15, -0.1) is 12.4 Å². The van der Waals surface area contributed by atoms with Gasteiger partial charge in [0, 0.05) is 19.4 Å². The lowest BCUT2D eigenvalue weighted by Crippen LogP contribution is -2.32. The van der Waals surface area contributed by atoms with Gasteiger partial charge in [-0.05, 0) is 37.6 Å². The molecule has 2 aliphatic rings. The van der Waals surface area contributed by atoms with Crippen LogP contribution in [0.4, 0.5) is 5.95 Å². The number of hydrogen-bond donors (Lipinski definition) is 2. The van der Waals surface area contributed by atoms with Crippen LogP contribution in [0.15, 0.2) is 24.3 Å². The summed E-state index contributed by atoms with van der Waals surface area (Å²) < 4.78 is 7.36. The molecule has 0 saturated carbocycles. The Bertz CT molecular complexity index is 732. The fourth-order valence-corrected chi connectivity index (χ4v) is 3.29. The highest BCUT2D eigenvalue weighted by atomic mass is 35.5. The molecule has 3 heterocycles. The fourth-order valence-electron chi connectivity index (χ4n) is 3.29. The summed E-state index contributed by atoms with van der Waals surface area (Å²) in [4.78, 5) is 17.0. The number of para-hydroxylation sites is 1. The topological polar surface area (TPSA) is 81.1 Å². The number of rotatable bonds is 3. The quantitative estimate of drug-likeness (QED) is 0.866. The van der Waals surface area contributed by atoms with E-state index in [4.69, 9.17) is 4.74 Å². The number of fused-ring (bicyclic) bond motifs is 1. The number of hydrogen-bond acceptors (Lipinski definition) is 5. The minimum Gasteiger partial charge on any atom is -0.480 e. The van der Waals surface area contributed by atoms with Crippen molar-refractivity contribution in [3.05, 3.63) is 35.7 Å². The number of aryl methyl sites for hydroxylation is 1. The number of ether oxygens (including phenoxy) is 1. The van der Waals surface area contributed by atoms with Gasteiger partial charge >= 0.3 is 0 Å². The van der Waals surface area contributed by atoms with Crippen LogP contribution in [-0.2, 0) is 18.3 Å². The molecular formula is C17H22ClN5O2. The molecule has 4 rings (SSSR count). The van der Waals surface area contributed by atoms with Crippen molar-refractivity contribution in [2.75, 3.05) is 18.4 Å². The van der Waals surface area contributed by atoms with E-state index in [0.29, 0.717) is 18.3 Å². The van der Waals surface area contributed by atoms with E-state index in [1.807, 2.05) is 24.3 Å². The lowest BCUT2D eigenvalue weighted by atomic mass is 9.98. The average molecular weight is 364 g/mol. The van der Waals surface area contributed by atoms with Crippen LogP contribution in [0, 0.1) is 0 Å². The predicted molar refractivity (Wildman–Crippen MR) is 96.3 cm³/mol. The number of aromatic nitrogens is 3. The highest BCUT2D eigenvalue weighted by molar-refractivity contribution is 5.93. The van der Waals surface area contributed by atoms with Crippen LogP contribution in [0.3, 0.4) is 0 Å². The number of anilines is 1. The van der Waals surface area contributed by atoms with Crippen LogP contribution >= 0.6 is 12.4 Å². The summed E-state index contributed by atoms with van der Waals surface area (Å²) in [6.45, 7) is 1.97. The van der Waals surface area contributed by atoms with Crippen molar-refractivity contribution in [2.24, 2.45) is 7.05 Å². The van der Waals surface area contributed by atoms with Crippen molar-refractivity contribution in [1.29, 1.82) is 0 Å². The van der Waals surface area contributed by atoms with E-state index < -0.39 is 6.10 Å². The Kier molecular flexibility index (Phi) is 5.24. The molecular weight excluding hydrogens is 342 g/mol. The van der Waals surface area contributed by atoms with Crippen LogP contribution in [0.5, 0.6) is 5.75 Å². The molecule has 1 atom stereocenters. The maximum Gasteiger partial charge on any atom is 0.268 e. The number of nitrogens with one attached hydrogen (secondary N) is 2. The third-order valence-electron chi connectivity index (χ3n) is 4.66. The van der Waals surface area contributed by atoms with E-state index in [9.17, 15) is 4.79 Å². The molecule has 2 aliphatic heterocycles. The first kappa shape index (κ1) is 17.7. The maximum atomic E-state index is 12.5. The summed E-state index contributed by atoms with van der Waals surface area (Å²) >= 11 is 0. The molecule has 1 fully saturated rings. The molecule has 2 aromatic rings. The van der Waals surface area contributed by atoms with E-state index >= 15 is 0 Å². The molecule has 7 nitrogen and oxygen atoms in total. The van der Waals surface area contributed by atoms with Gasteiger partial charge in [0.25, 0.3) is 5.91 Å². The second-order valence-electron chi connectivity index (χ2n) is 6.35. The third-order valence-corrected chi connectivity index (χ3v) is 4.66. The lowest BCUT2D eigenvalue weighted by Gasteiger charge is -2.19. The average Bonchev–Trinajstić information content (AvgIpc) is 3.20. The second-order valence-corrected chi connectivity index (χ2v) is 6.35. The van der Waals surface area contributed by atoms with Crippen LogP contribution < -0.4 is 15.4 Å². The number of nitrogens with zero attached hydrogens (tertiary/aromatic N) is 3. The Hall–Kier alpha value is -2.12. The van der Waals surface area contributed by atoms with Gasteiger partial charge in [0.15, 0.2) is 11.9 Å². The number of carbonyl (C=O) groups is 1. The van der Waals surface area contributed by atoms with Gasteiger partial charge in [-0.1, -0.05) is 18.2 Å². The van der Waals surface area contributed by atoms with Crippen LogP contribution in [-0.4, -0.2) is 39.9 Å². The number of piperidine rings is 1. The highest BCUT2D eigenvalue weighted by Crippen LogP contribution is 2.29. The first-order chi connectivity index (χ1) is 11.7. The number of carbonyl (C=O) groups excluding carboxylic acids is 1. The minimum atomic E-state index is -0.513. The first-order valence-corrected chi connectivity index (χ1v) is 8.38. The molecule has 1 saturated heterocycles. The standard InChI is InChI=1S/C17H21N5O2.ClH/c1-22-17(19-15(21-22)11-6-8-18-9-7-11)20-16(23)14-10-12-4-2-3-5-13(12)24-14;/h2-5,11,14,18H,6-10H2,1H3,(H,19,20,21,23);1H. The molecule has 1 aromatic heterocycles. The van der Waals surface area contributed by atoms with Crippen molar-refractivity contribution in [3.63, 3.8) is 0 Å². The van der Waals surface area contributed by atoms with E-state index in [-0.39, 0.29) is 18.3 Å². The lowest BCUT2D eigenvalue weighted by molar-refractivity contribution is -0.122. The largest absolute Gasteiger partial charge is 0.480 e. The normalized spacial score (nSPS) is 19.6. The predicted octanol–water partition coefficient (Wildman–Crippen LogP) is 1.65. The number of halogens is 1. The molecule has 0 bridgehead atoms. The molecule has 0 spiro atoms. The van der Waals surface area contributed by atoms with Crippen molar-refractivity contribution < 1.29 is 9.53 Å². The SMILES string of the molecule is Cl.Cn1nc(C2CCNCC2)nc1NC(=O)C1Cc2ccccc2O1. The first-order valence-electron chi connectivity index (χ1n) is 8.38. The van der Waals surface area contributed by atoms with E-state index in [1.54, 1.807) is 11.7 Å². The molecule has 134 valence electrons. The van der Waals surface area contributed by atoms with E-state index in [1.165, 1.54) is 0 Å². The van der Waals surface area contributed by atoms with Crippen LogP contribution in [0.2, 0.25) is 0 Å². The van der Waals surface area contributed by atoms with Crippen molar-refractivity contribution in [3.8, 4) is 5.75 Å². The zero-order valence-corrected chi connectivity index (χ0v) is 14.9. The molecule has 1 aromatic carbocycles. The molecule has 0 aliphatic carbocycles. The molecule has 8 heteroatoms. The highest BCUT2D eigenvalue weighted by Gasteiger charge is 2.30. The van der Waals surface area contributed by atoms with Crippen LogP contribution in [0.1, 0.15) is 30.1 Å². The smallest absolute Gasteiger partial charge is 0.268 e. The molecule has 1 amide bonds. The molecule has 1 unspecified atom stereocenters. The van der Waals surface area contributed by atoms with Gasteiger partial charge in [0.1, 0.15) is 5.75 Å². The zero-order chi connectivity index (χ0) is 16.5. The molecule has 2 N–H and O–H groups in total. The van der Waals surface area contributed by atoms with Crippen molar-refractivity contribution in [1.82, 2.24) is 20.1 Å². The van der Waals surface area contributed by atoms with Gasteiger partial charge < -0.3 is 10.1 Å². The van der Waals surface area contributed by atoms with Crippen molar-refractivity contribution in [2.45, 2.75) is 31.3 Å². The summed E-state index contributed by atoms with van der Waals surface area (Å²) in [5.74, 6) is 2.25. The summed E-state index contributed by atoms with van der Waals surface area (Å²) in [6.07, 6.45) is 2.12. The number of benzene rings is 1. The van der Waals surface area contributed by atoms with Gasteiger partial charge in [0.2, 0.25) is 5.95 Å². The summed E-state index contributed by atoms with van der Waals surface area (Å²) in [6, 6.07) is 7.74. The third kappa shape index (κ3) is 3.62. The van der Waals surface area contributed by atoms with Crippen LogP contribution in [0.25, 0.3) is 0 Å². The second kappa shape index (κ2) is 7.41. The van der Waals surface area contributed by atoms with Crippen molar-refractivity contribution >= 4 is 24.3 Å². The Balaban J connectivity index is 0.00000182. The monoisotopic (exact) mass is 363 g/mol. The summed E-state index contributed by atoms with van der Waals surface area (Å²) in [5, 5.41) is 10.7. The molecule has 25 heavy (non-hydrogen) atoms. The Labute approximate surface area is 152 Å². The van der Waals surface area contributed by atoms with E-state index in [2.05, 4.69) is 20.7 Å². The summed E-state index contributed by atoms with van der Waals surface area (Å²) in [7, 11) is 1.80. The Morgan fingerprint density at radius 2 is 2.08 bits per heavy atom. The van der Waals surface area contributed by atoms with Gasteiger partial charge in [-0.25, -0.2) is 4.68 Å². The number of amides is 1. The fraction of sp³-hybridized carbons (Fsp3) is 0.471. The molecule has 0 radical (unpaired) electrons. The Morgan fingerprint density at radius 1 is 1.32 bits per heavy atom. The summed E-state index contributed by atoms with van der Waals surface area (Å²) in [5.41, 5.74) is 1.06. The Morgan fingerprint density at radius 3 is 2.84 bits per heavy atom.